The second-order valence-corrected chi connectivity index (χ2v) is 3.92. The second kappa shape index (κ2) is 7.25. The van der Waals surface area contributed by atoms with Gasteiger partial charge < -0.3 is 15.0 Å². The lowest BCUT2D eigenvalue weighted by molar-refractivity contribution is 0.163. The Labute approximate surface area is 108 Å². The van der Waals surface area contributed by atoms with Crippen LogP contribution in [0.3, 0.4) is 0 Å². The maximum Gasteiger partial charge on any atom is 0.253 e. The van der Waals surface area contributed by atoms with E-state index in [2.05, 4.69) is 10.3 Å². The number of likely N-dealkylation sites (N-methyl/N-ethyl adjacent to an activating group) is 1. The first-order valence-corrected chi connectivity index (χ1v) is 5.58. The zero-order valence-electron chi connectivity index (χ0n) is 10.6. The van der Waals surface area contributed by atoms with E-state index in [9.17, 15) is 17.6 Å². The Hall–Kier alpha value is -1.41. The summed E-state index contributed by atoms with van der Waals surface area (Å²) >= 11 is 0. The number of hydrogen-bond donors (Lipinski definition) is 1. The molecule has 1 N–H and O–H groups in total. The zero-order chi connectivity index (χ0) is 14.4. The monoisotopic (exact) mass is 281 g/mol. The van der Waals surface area contributed by atoms with Crippen LogP contribution in [0, 0.1) is 23.5 Å². The lowest BCUT2D eigenvalue weighted by Gasteiger charge is -2.17. The average molecular weight is 281 g/mol. The molecule has 0 saturated carbocycles. The van der Waals surface area contributed by atoms with E-state index in [1.807, 2.05) is 4.90 Å². The van der Waals surface area contributed by atoms with E-state index in [0.717, 1.165) is 0 Å². The maximum absolute atomic E-state index is 13.2. The van der Waals surface area contributed by atoms with Gasteiger partial charge in [0.05, 0.1) is 6.61 Å². The lowest BCUT2D eigenvalue weighted by atomic mass is 10.3. The van der Waals surface area contributed by atoms with Gasteiger partial charge in [0, 0.05) is 26.7 Å². The summed E-state index contributed by atoms with van der Waals surface area (Å²) in [4.78, 5) is 4.30. The number of anilines is 1. The summed E-state index contributed by atoms with van der Waals surface area (Å²) in [6, 6.07) is 0. The van der Waals surface area contributed by atoms with Crippen molar-refractivity contribution in [1.82, 2.24) is 9.88 Å². The van der Waals surface area contributed by atoms with Gasteiger partial charge in [-0.05, 0) is 7.05 Å². The Bertz CT molecular complexity index is 405. The third kappa shape index (κ3) is 4.32. The molecule has 4 nitrogen and oxygen atoms in total. The summed E-state index contributed by atoms with van der Waals surface area (Å²) in [6.07, 6.45) is 0. The number of ether oxygens (including phenoxy) is 1. The van der Waals surface area contributed by atoms with Crippen molar-refractivity contribution in [2.45, 2.75) is 0 Å². The average Bonchev–Trinajstić information content (AvgIpc) is 2.38. The summed E-state index contributed by atoms with van der Waals surface area (Å²) < 4.78 is 56.9. The lowest BCUT2D eigenvalue weighted by Crippen LogP contribution is -2.28. The smallest absolute Gasteiger partial charge is 0.253 e. The third-order valence-electron chi connectivity index (χ3n) is 2.47. The van der Waals surface area contributed by atoms with E-state index >= 15 is 0 Å². The van der Waals surface area contributed by atoms with Crippen LogP contribution in [0.4, 0.5) is 23.2 Å². The fourth-order valence-electron chi connectivity index (χ4n) is 1.37. The first-order chi connectivity index (χ1) is 8.97. The molecule has 0 fully saturated rings. The van der Waals surface area contributed by atoms with Crippen LogP contribution < -0.4 is 5.32 Å². The number of nitrogens with zero attached hydrogens (tertiary/aromatic N) is 2. The van der Waals surface area contributed by atoms with Crippen LogP contribution in [0.5, 0.6) is 0 Å². The standard InChI is InChI=1S/C11H15F4N3O/c1-18(5-6-19-2)4-3-16-9-7(12)10(14)17-11(15)8(9)13/h3-6H2,1-2H3,(H,16,17). The third-order valence-corrected chi connectivity index (χ3v) is 2.47. The maximum atomic E-state index is 13.2. The van der Waals surface area contributed by atoms with Crippen molar-refractivity contribution in [1.29, 1.82) is 0 Å². The molecule has 108 valence electrons. The van der Waals surface area contributed by atoms with E-state index in [1.165, 1.54) is 0 Å². The molecule has 0 spiro atoms. The minimum absolute atomic E-state index is 0.122. The largest absolute Gasteiger partial charge is 0.383 e. The van der Waals surface area contributed by atoms with Gasteiger partial charge in [-0.1, -0.05) is 0 Å². The molecule has 19 heavy (non-hydrogen) atoms. The van der Waals surface area contributed by atoms with E-state index in [-0.39, 0.29) is 6.54 Å². The van der Waals surface area contributed by atoms with Gasteiger partial charge in [0.2, 0.25) is 11.6 Å². The molecule has 0 atom stereocenters. The van der Waals surface area contributed by atoms with Crippen LogP contribution in [0.15, 0.2) is 0 Å². The quantitative estimate of drug-likeness (QED) is 0.609. The van der Waals surface area contributed by atoms with E-state index < -0.39 is 29.2 Å². The summed E-state index contributed by atoms with van der Waals surface area (Å²) in [5.41, 5.74) is -0.842. The van der Waals surface area contributed by atoms with Crippen LogP contribution in [-0.4, -0.2) is 50.3 Å². The van der Waals surface area contributed by atoms with E-state index in [4.69, 9.17) is 4.74 Å². The topological polar surface area (TPSA) is 37.4 Å². The molecule has 0 aliphatic heterocycles. The Morgan fingerprint density at radius 1 is 1.11 bits per heavy atom. The van der Waals surface area contributed by atoms with Gasteiger partial charge in [0.1, 0.15) is 5.69 Å². The SMILES string of the molecule is COCCN(C)CCNc1c(F)c(F)nc(F)c1F. The first-order valence-electron chi connectivity index (χ1n) is 5.58. The molecule has 0 radical (unpaired) electrons. The Morgan fingerprint density at radius 3 is 2.21 bits per heavy atom. The number of aromatic nitrogens is 1. The summed E-state index contributed by atoms with van der Waals surface area (Å²) in [7, 11) is 3.33. The second-order valence-electron chi connectivity index (χ2n) is 3.92. The molecule has 0 aromatic carbocycles. The van der Waals surface area contributed by atoms with Gasteiger partial charge in [0.15, 0.2) is 0 Å². The number of pyridine rings is 1. The molecule has 1 heterocycles. The number of methoxy groups -OCH3 is 1. The summed E-state index contributed by atoms with van der Waals surface area (Å²) in [5, 5.41) is 2.32. The predicted octanol–water partition coefficient (Wildman–Crippen LogP) is 1.63. The van der Waals surface area contributed by atoms with Crippen LogP contribution in [0.1, 0.15) is 0 Å². The molecule has 0 aliphatic carbocycles. The fraction of sp³-hybridized carbons (Fsp3) is 0.545. The molecular weight excluding hydrogens is 266 g/mol. The Balaban J connectivity index is 2.58. The fourth-order valence-corrected chi connectivity index (χ4v) is 1.37. The number of hydrogen-bond acceptors (Lipinski definition) is 4. The highest BCUT2D eigenvalue weighted by atomic mass is 19.2. The van der Waals surface area contributed by atoms with Crippen molar-refractivity contribution in [3.05, 3.63) is 23.5 Å². The van der Waals surface area contributed by atoms with Crippen molar-refractivity contribution in [3.63, 3.8) is 0 Å². The minimum Gasteiger partial charge on any atom is -0.383 e. The number of halogens is 4. The van der Waals surface area contributed by atoms with Gasteiger partial charge >= 0.3 is 0 Å². The molecule has 0 saturated heterocycles. The van der Waals surface area contributed by atoms with Gasteiger partial charge in [-0.25, -0.2) is 0 Å². The molecule has 0 bridgehead atoms. The highest BCUT2D eigenvalue weighted by Crippen LogP contribution is 2.21. The normalized spacial score (nSPS) is 11.1. The molecule has 0 amide bonds. The Morgan fingerprint density at radius 2 is 1.68 bits per heavy atom. The van der Waals surface area contributed by atoms with Crippen molar-refractivity contribution >= 4 is 5.69 Å². The van der Waals surface area contributed by atoms with Crippen molar-refractivity contribution in [3.8, 4) is 0 Å². The molecule has 1 rings (SSSR count). The molecule has 1 aromatic heterocycles. The molecular formula is C11H15F4N3O. The highest BCUT2D eigenvalue weighted by Gasteiger charge is 2.20. The van der Waals surface area contributed by atoms with E-state index in [1.54, 1.807) is 14.2 Å². The van der Waals surface area contributed by atoms with Crippen molar-refractivity contribution < 1.29 is 22.3 Å². The highest BCUT2D eigenvalue weighted by molar-refractivity contribution is 5.45. The van der Waals surface area contributed by atoms with Gasteiger partial charge in [0.25, 0.3) is 11.9 Å². The summed E-state index contributed by atoms with van der Waals surface area (Å²) in [6.45, 7) is 1.69. The van der Waals surface area contributed by atoms with Gasteiger partial charge in [-0.3, -0.25) is 0 Å². The van der Waals surface area contributed by atoms with Crippen LogP contribution in [0.25, 0.3) is 0 Å². The van der Waals surface area contributed by atoms with Crippen molar-refractivity contribution in [2.75, 3.05) is 45.7 Å². The van der Waals surface area contributed by atoms with Crippen LogP contribution in [0.2, 0.25) is 0 Å². The minimum atomic E-state index is -1.67. The molecule has 8 heteroatoms. The Kier molecular flexibility index (Phi) is 5.97. The van der Waals surface area contributed by atoms with Gasteiger partial charge in [-0.15, -0.1) is 0 Å². The molecule has 1 aromatic rings. The summed E-state index contributed by atoms with van der Waals surface area (Å²) in [5.74, 6) is -6.40. The first kappa shape index (κ1) is 15.6. The van der Waals surface area contributed by atoms with Crippen LogP contribution in [-0.2, 0) is 4.74 Å². The molecule has 0 aliphatic rings. The number of rotatable bonds is 7. The van der Waals surface area contributed by atoms with Crippen molar-refractivity contribution in [2.24, 2.45) is 0 Å². The van der Waals surface area contributed by atoms with E-state index in [0.29, 0.717) is 19.7 Å². The molecule has 0 unspecified atom stereocenters. The number of nitrogens with one attached hydrogen (secondary N) is 1. The predicted molar refractivity (Wildman–Crippen MR) is 61.9 cm³/mol. The van der Waals surface area contributed by atoms with Gasteiger partial charge in [-0.2, -0.15) is 22.5 Å². The van der Waals surface area contributed by atoms with Crippen LogP contribution >= 0.6 is 0 Å². The zero-order valence-corrected chi connectivity index (χ0v) is 10.6.